The Morgan fingerprint density at radius 1 is 0.909 bits per heavy atom. The average molecular weight is 443 g/mol. The number of carbonyl (C=O) groups is 1. The summed E-state index contributed by atoms with van der Waals surface area (Å²) in [7, 11) is 0. The number of aromatic nitrogens is 5. The first-order valence-corrected chi connectivity index (χ1v) is 10.6. The Bertz CT molecular complexity index is 1420. The molecule has 10 heteroatoms. The van der Waals surface area contributed by atoms with Gasteiger partial charge in [-0.05, 0) is 30.3 Å². The number of nitrogens with one attached hydrogen (secondary N) is 1. The molecular formula is C23H21N7O3. The fraction of sp³-hybridized carbons (Fsp3) is 0.217. The summed E-state index contributed by atoms with van der Waals surface area (Å²) in [6.07, 6.45) is 3.40. The zero-order valence-corrected chi connectivity index (χ0v) is 17.7. The third kappa shape index (κ3) is 4.10. The molecule has 0 spiro atoms. The lowest BCUT2D eigenvalue weighted by Crippen LogP contribution is -2.49. The maximum atomic E-state index is 13.1. The molecule has 1 N–H and O–H groups in total. The van der Waals surface area contributed by atoms with E-state index in [0.717, 1.165) is 0 Å². The molecule has 1 aliphatic rings. The topological polar surface area (TPSA) is 117 Å². The quantitative estimate of drug-likeness (QED) is 0.498. The van der Waals surface area contributed by atoms with Crippen molar-refractivity contribution in [2.24, 2.45) is 0 Å². The first kappa shape index (κ1) is 20.6. The second kappa shape index (κ2) is 8.65. The summed E-state index contributed by atoms with van der Waals surface area (Å²) in [5.41, 5.74) is 0.444. The number of nitrogens with zero attached hydrogens (tertiary/aromatic N) is 6. The van der Waals surface area contributed by atoms with Crippen LogP contribution in [0.1, 0.15) is 16.2 Å². The van der Waals surface area contributed by atoms with Crippen LogP contribution in [0.2, 0.25) is 0 Å². The van der Waals surface area contributed by atoms with Crippen LogP contribution in [0.5, 0.6) is 0 Å². The lowest BCUT2D eigenvalue weighted by molar-refractivity contribution is 0.0740. The largest absolute Gasteiger partial charge is 0.337 e. The lowest BCUT2D eigenvalue weighted by atomic mass is 10.2. The summed E-state index contributed by atoms with van der Waals surface area (Å²) >= 11 is 0. The smallest absolute Gasteiger partial charge is 0.329 e. The molecule has 1 amide bonds. The third-order valence-electron chi connectivity index (χ3n) is 5.65. The van der Waals surface area contributed by atoms with Crippen LogP contribution in [0.15, 0.2) is 70.5 Å². The molecule has 0 unspecified atom stereocenters. The highest BCUT2D eigenvalue weighted by atomic mass is 16.2. The minimum atomic E-state index is -0.517. The maximum absolute atomic E-state index is 13.1. The average Bonchev–Trinajstić information content (AvgIpc) is 2.87. The van der Waals surface area contributed by atoms with Crippen molar-refractivity contribution in [3.63, 3.8) is 0 Å². The van der Waals surface area contributed by atoms with Gasteiger partial charge < -0.3 is 9.80 Å². The number of para-hydroxylation sites is 1. The highest BCUT2D eigenvalue weighted by Gasteiger charge is 2.24. The van der Waals surface area contributed by atoms with Crippen molar-refractivity contribution in [3.8, 4) is 0 Å². The molecule has 33 heavy (non-hydrogen) atoms. The van der Waals surface area contributed by atoms with Gasteiger partial charge in [-0.15, -0.1) is 0 Å². The van der Waals surface area contributed by atoms with Gasteiger partial charge in [0, 0.05) is 38.6 Å². The molecule has 3 aromatic heterocycles. The standard InChI is InChI=1S/C23H21N7O3/c31-20-17-6-1-2-8-19(17)30(23(33)27-20)15-16-5-3-7-18(26-16)21(32)28-11-13-29(14-12-28)22-24-9-4-10-25-22/h1-10H,11-15H2,(H,27,31,33). The summed E-state index contributed by atoms with van der Waals surface area (Å²) < 4.78 is 1.45. The van der Waals surface area contributed by atoms with Crippen molar-refractivity contribution in [1.29, 1.82) is 0 Å². The van der Waals surface area contributed by atoms with Crippen LogP contribution >= 0.6 is 0 Å². The van der Waals surface area contributed by atoms with Crippen molar-refractivity contribution < 1.29 is 4.79 Å². The molecule has 0 aliphatic carbocycles. The van der Waals surface area contributed by atoms with Gasteiger partial charge in [-0.2, -0.15) is 0 Å². The number of hydrogen-bond acceptors (Lipinski definition) is 7. The van der Waals surface area contributed by atoms with Gasteiger partial charge in [0.15, 0.2) is 0 Å². The van der Waals surface area contributed by atoms with E-state index in [9.17, 15) is 14.4 Å². The van der Waals surface area contributed by atoms with Crippen LogP contribution in [-0.2, 0) is 6.54 Å². The van der Waals surface area contributed by atoms with Gasteiger partial charge in [-0.3, -0.25) is 19.1 Å². The maximum Gasteiger partial charge on any atom is 0.329 e. The van der Waals surface area contributed by atoms with Gasteiger partial charge in [-0.1, -0.05) is 18.2 Å². The molecule has 4 heterocycles. The van der Waals surface area contributed by atoms with E-state index in [0.29, 0.717) is 54.4 Å². The molecule has 4 aromatic rings. The van der Waals surface area contributed by atoms with Crippen LogP contribution in [0, 0.1) is 0 Å². The first-order chi connectivity index (χ1) is 16.1. The number of piperazine rings is 1. The Labute approximate surface area is 188 Å². The van der Waals surface area contributed by atoms with Gasteiger partial charge >= 0.3 is 5.69 Å². The van der Waals surface area contributed by atoms with Gasteiger partial charge in [0.1, 0.15) is 5.69 Å². The van der Waals surface area contributed by atoms with E-state index in [1.54, 1.807) is 65.8 Å². The van der Waals surface area contributed by atoms with E-state index in [4.69, 9.17) is 0 Å². The van der Waals surface area contributed by atoms with Crippen LogP contribution in [0.25, 0.3) is 10.9 Å². The molecule has 0 saturated carbocycles. The zero-order valence-electron chi connectivity index (χ0n) is 17.7. The molecule has 1 saturated heterocycles. The number of pyridine rings is 1. The fourth-order valence-corrected chi connectivity index (χ4v) is 3.97. The number of rotatable bonds is 4. The summed E-state index contributed by atoms with van der Waals surface area (Å²) in [6, 6.07) is 13.8. The molecule has 1 aromatic carbocycles. The van der Waals surface area contributed by atoms with Crippen molar-refractivity contribution in [3.05, 3.63) is 93.2 Å². The van der Waals surface area contributed by atoms with Gasteiger partial charge in [0.05, 0.1) is 23.1 Å². The van der Waals surface area contributed by atoms with E-state index in [1.807, 2.05) is 4.90 Å². The molecule has 166 valence electrons. The van der Waals surface area contributed by atoms with Crippen molar-refractivity contribution in [2.45, 2.75) is 6.54 Å². The summed E-state index contributed by atoms with van der Waals surface area (Å²) in [6.45, 7) is 2.47. The number of aromatic amines is 1. The molecule has 5 rings (SSSR count). The van der Waals surface area contributed by atoms with Gasteiger partial charge in [-0.25, -0.2) is 19.7 Å². The SMILES string of the molecule is O=C(c1cccc(Cn2c(=O)[nH]c(=O)c3ccccc32)n1)N1CCN(c2ncccn2)CC1. The number of benzene rings is 1. The molecule has 0 atom stereocenters. The van der Waals surface area contributed by atoms with Crippen LogP contribution in [-0.4, -0.2) is 61.5 Å². The van der Waals surface area contributed by atoms with Gasteiger partial charge in [0.2, 0.25) is 5.95 Å². The lowest BCUT2D eigenvalue weighted by Gasteiger charge is -2.34. The molecule has 1 fully saturated rings. The number of H-pyrrole nitrogens is 1. The zero-order chi connectivity index (χ0) is 22.8. The van der Waals surface area contributed by atoms with Gasteiger partial charge in [0.25, 0.3) is 11.5 Å². The number of fused-ring (bicyclic) bond motifs is 1. The van der Waals surface area contributed by atoms with Crippen LogP contribution in [0.4, 0.5) is 5.95 Å². The number of anilines is 1. The van der Waals surface area contributed by atoms with E-state index in [2.05, 4.69) is 19.9 Å². The summed E-state index contributed by atoms with van der Waals surface area (Å²) in [5, 5.41) is 0.421. The van der Waals surface area contributed by atoms with Crippen LogP contribution < -0.4 is 16.1 Å². The second-order valence-electron chi connectivity index (χ2n) is 7.70. The predicted octanol–water partition coefficient (Wildman–Crippen LogP) is 0.885. The monoisotopic (exact) mass is 443 g/mol. The Kier molecular flexibility index (Phi) is 5.39. The van der Waals surface area contributed by atoms with E-state index in [-0.39, 0.29) is 12.5 Å². The normalized spacial score (nSPS) is 13.9. The van der Waals surface area contributed by atoms with Crippen LogP contribution in [0.3, 0.4) is 0 Å². The van der Waals surface area contributed by atoms with Crippen molar-refractivity contribution in [2.75, 3.05) is 31.1 Å². The molecule has 10 nitrogen and oxygen atoms in total. The molecule has 0 bridgehead atoms. The molecule has 1 aliphatic heterocycles. The fourth-order valence-electron chi connectivity index (χ4n) is 3.97. The van der Waals surface area contributed by atoms with E-state index < -0.39 is 11.2 Å². The Hall–Kier alpha value is -4.34. The van der Waals surface area contributed by atoms with Crippen molar-refractivity contribution in [1.82, 2.24) is 29.4 Å². The van der Waals surface area contributed by atoms with Crippen molar-refractivity contribution >= 4 is 22.8 Å². The highest BCUT2D eigenvalue weighted by molar-refractivity contribution is 5.92. The molecular weight excluding hydrogens is 422 g/mol. The minimum absolute atomic E-state index is 0.135. The molecule has 0 radical (unpaired) electrons. The number of hydrogen-bond donors (Lipinski definition) is 1. The predicted molar refractivity (Wildman–Crippen MR) is 122 cm³/mol. The Balaban J connectivity index is 1.34. The summed E-state index contributed by atoms with van der Waals surface area (Å²) in [4.78, 5) is 56.8. The Morgan fingerprint density at radius 3 is 2.45 bits per heavy atom. The van der Waals surface area contributed by atoms with E-state index >= 15 is 0 Å². The van der Waals surface area contributed by atoms with E-state index in [1.165, 1.54) is 4.57 Å². The number of amides is 1. The highest BCUT2D eigenvalue weighted by Crippen LogP contribution is 2.13. The summed E-state index contributed by atoms with van der Waals surface area (Å²) in [5.74, 6) is 0.493. The Morgan fingerprint density at radius 2 is 1.67 bits per heavy atom. The number of carbonyl (C=O) groups excluding carboxylic acids is 1. The first-order valence-electron chi connectivity index (χ1n) is 10.6. The third-order valence-corrected chi connectivity index (χ3v) is 5.65. The minimum Gasteiger partial charge on any atom is -0.337 e. The second-order valence-corrected chi connectivity index (χ2v) is 7.70.